The van der Waals surface area contributed by atoms with E-state index in [1.807, 2.05) is 37.9 Å². The summed E-state index contributed by atoms with van der Waals surface area (Å²) in [5.74, 6) is 0.741. The minimum absolute atomic E-state index is 0.136. The first kappa shape index (κ1) is 22.6. The number of amides is 1. The average Bonchev–Trinajstić information content (AvgIpc) is 2.99. The van der Waals surface area contributed by atoms with E-state index in [0.717, 1.165) is 34.6 Å². The Bertz CT molecular complexity index is 985. The van der Waals surface area contributed by atoms with Crippen LogP contribution < -0.4 is 14.8 Å². The quantitative estimate of drug-likeness (QED) is 0.673. The molecule has 1 atom stereocenters. The third-order valence-electron chi connectivity index (χ3n) is 5.82. The van der Waals surface area contributed by atoms with Gasteiger partial charge in [0.05, 0.1) is 51.4 Å². The number of aryl methyl sites for hydroxylation is 2. The Hall–Kier alpha value is -3.07. The molecule has 1 aliphatic rings. The summed E-state index contributed by atoms with van der Waals surface area (Å²) in [6, 6.07) is 3.53. The molecule has 0 unspecified atom stereocenters. The lowest BCUT2D eigenvalue weighted by Gasteiger charge is -2.36. The van der Waals surface area contributed by atoms with Crippen LogP contribution in [-0.4, -0.2) is 61.0 Å². The summed E-state index contributed by atoms with van der Waals surface area (Å²) >= 11 is 0. The van der Waals surface area contributed by atoms with Gasteiger partial charge < -0.3 is 19.5 Å². The molecule has 0 saturated carbocycles. The smallest absolute Gasteiger partial charge is 0.307 e. The second-order valence-electron chi connectivity index (χ2n) is 7.64. The number of methoxy groups -OCH3 is 3. The summed E-state index contributed by atoms with van der Waals surface area (Å²) in [4.78, 5) is 27.0. The highest BCUT2D eigenvalue weighted by Crippen LogP contribution is 2.39. The number of carbonyl (C=O) groups excluding carboxylic acids is 2. The second kappa shape index (κ2) is 9.38. The van der Waals surface area contributed by atoms with Gasteiger partial charge in [-0.15, -0.1) is 0 Å². The van der Waals surface area contributed by atoms with E-state index < -0.39 is 0 Å². The van der Waals surface area contributed by atoms with E-state index in [4.69, 9.17) is 14.2 Å². The molecule has 1 aromatic heterocycles. The van der Waals surface area contributed by atoms with Crippen molar-refractivity contribution in [1.29, 1.82) is 0 Å². The van der Waals surface area contributed by atoms with Gasteiger partial charge >= 0.3 is 5.97 Å². The molecule has 1 aliphatic heterocycles. The molecular weight excluding hydrogens is 400 g/mol. The lowest BCUT2D eigenvalue weighted by Crippen LogP contribution is -2.41. The molecular formula is C22H30N4O5. The first-order valence-corrected chi connectivity index (χ1v) is 10.1. The minimum atomic E-state index is -0.336. The van der Waals surface area contributed by atoms with Gasteiger partial charge in [0.1, 0.15) is 0 Å². The van der Waals surface area contributed by atoms with E-state index in [1.165, 1.54) is 7.11 Å². The van der Waals surface area contributed by atoms with Crippen molar-refractivity contribution in [2.24, 2.45) is 7.05 Å². The highest BCUT2D eigenvalue weighted by atomic mass is 16.5. The maximum Gasteiger partial charge on any atom is 0.307 e. The molecule has 0 radical (unpaired) electrons. The Morgan fingerprint density at radius 1 is 1.16 bits per heavy atom. The molecule has 0 spiro atoms. The summed E-state index contributed by atoms with van der Waals surface area (Å²) in [6.45, 7) is 4.54. The number of benzene rings is 1. The Morgan fingerprint density at radius 3 is 2.42 bits per heavy atom. The van der Waals surface area contributed by atoms with Crippen LogP contribution >= 0.6 is 0 Å². The predicted octanol–water partition coefficient (Wildman–Crippen LogP) is 2.16. The van der Waals surface area contributed by atoms with Crippen LogP contribution in [0.3, 0.4) is 0 Å². The number of esters is 1. The molecule has 0 aliphatic carbocycles. The number of hydrogen-bond donors (Lipinski definition) is 1. The predicted molar refractivity (Wildman–Crippen MR) is 116 cm³/mol. The second-order valence-corrected chi connectivity index (χ2v) is 7.64. The van der Waals surface area contributed by atoms with Crippen LogP contribution in [0, 0.1) is 13.8 Å². The van der Waals surface area contributed by atoms with Crippen LogP contribution in [0.1, 0.15) is 35.0 Å². The van der Waals surface area contributed by atoms with Gasteiger partial charge in [0.15, 0.2) is 11.5 Å². The standard InChI is InChI=1S/C22H30N4O5/c1-13-22(14(2)25(3)24-13)23-20(27)12-26-8-7-15-9-18(29-4)19(30-5)10-16(15)17(26)11-21(28)31-6/h9-10,17H,7-8,11-12H2,1-6H3,(H,23,27)/t17-/m0/s1. The van der Waals surface area contributed by atoms with Crippen molar-refractivity contribution in [1.82, 2.24) is 14.7 Å². The third kappa shape index (κ3) is 4.66. The van der Waals surface area contributed by atoms with Crippen LogP contribution in [0.15, 0.2) is 12.1 Å². The molecule has 9 heteroatoms. The van der Waals surface area contributed by atoms with E-state index in [9.17, 15) is 9.59 Å². The van der Waals surface area contributed by atoms with Crippen molar-refractivity contribution < 1.29 is 23.8 Å². The van der Waals surface area contributed by atoms with Crippen molar-refractivity contribution in [2.45, 2.75) is 32.7 Å². The third-order valence-corrected chi connectivity index (χ3v) is 5.82. The maximum atomic E-state index is 12.9. The van der Waals surface area contributed by atoms with Crippen LogP contribution in [0.25, 0.3) is 0 Å². The Balaban J connectivity index is 1.87. The van der Waals surface area contributed by atoms with Crippen LogP contribution in [0.5, 0.6) is 11.5 Å². The molecule has 0 fully saturated rings. The van der Waals surface area contributed by atoms with Crippen LogP contribution in [-0.2, 0) is 27.8 Å². The van der Waals surface area contributed by atoms with Crippen molar-refractivity contribution in [2.75, 3.05) is 39.7 Å². The fraction of sp³-hybridized carbons (Fsp3) is 0.500. The minimum Gasteiger partial charge on any atom is -0.493 e. The first-order valence-electron chi connectivity index (χ1n) is 10.1. The number of nitrogens with one attached hydrogen (secondary N) is 1. The number of carbonyl (C=O) groups is 2. The summed E-state index contributed by atoms with van der Waals surface area (Å²) < 4.78 is 17.5. The number of anilines is 1. The zero-order chi connectivity index (χ0) is 22.7. The van der Waals surface area contributed by atoms with Crippen molar-refractivity contribution in [3.8, 4) is 11.5 Å². The lowest BCUT2D eigenvalue weighted by molar-refractivity contribution is -0.142. The molecule has 2 heterocycles. The summed E-state index contributed by atoms with van der Waals surface area (Å²) in [7, 11) is 6.38. The number of fused-ring (bicyclic) bond motifs is 1. The topological polar surface area (TPSA) is 94.9 Å². The number of nitrogens with zero attached hydrogens (tertiary/aromatic N) is 3. The SMILES string of the molecule is COC(=O)C[C@H]1c2cc(OC)c(OC)cc2CCN1CC(=O)Nc1c(C)nn(C)c1C. The molecule has 168 valence electrons. The number of aromatic nitrogens is 2. The fourth-order valence-corrected chi connectivity index (χ4v) is 4.07. The van der Waals surface area contributed by atoms with Gasteiger partial charge in [-0.05, 0) is 43.5 Å². The Morgan fingerprint density at radius 2 is 1.84 bits per heavy atom. The highest BCUT2D eigenvalue weighted by molar-refractivity contribution is 5.93. The molecule has 1 aromatic carbocycles. The van der Waals surface area contributed by atoms with Gasteiger partial charge in [-0.25, -0.2) is 0 Å². The van der Waals surface area contributed by atoms with E-state index in [1.54, 1.807) is 18.9 Å². The van der Waals surface area contributed by atoms with Crippen LogP contribution in [0.4, 0.5) is 5.69 Å². The van der Waals surface area contributed by atoms with Crippen LogP contribution in [0.2, 0.25) is 0 Å². The number of hydrogen-bond acceptors (Lipinski definition) is 7. The van der Waals surface area contributed by atoms with Gasteiger partial charge in [0.2, 0.25) is 5.91 Å². The molecule has 3 rings (SSSR count). The fourth-order valence-electron chi connectivity index (χ4n) is 4.07. The molecule has 31 heavy (non-hydrogen) atoms. The summed E-state index contributed by atoms with van der Waals surface area (Å²) in [6.07, 6.45) is 0.864. The zero-order valence-electron chi connectivity index (χ0n) is 18.9. The Labute approximate surface area is 182 Å². The zero-order valence-corrected chi connectivity index (χ0v) is 18.9. The van der Waals surface area contributed by atoms with Gasteiger partial charge in [-0.3, -0.25) is 19.2 Å². The molecule has 1 N–H and O–H groups in total. The molecule has 1 amide bonds. The number of ether oxygens (including phenoxy) is 3. The molecule has 2 aromatic rings. The van der Waals surface area contributed by atoms with E-state index in [-0.39, 0.29) is 30.9 Å². The largest absolute Gasteiger partial charge is 0.493 e. The Kier molecular flexibility index (Phi) is 6.84. The highest BCUT2D eigenvalue weighted by Gasteiger charge is 2.32. The normalized spacial score (nSPS) is 15.9. The molecule has 9 nitrogen and oxygen atoms in total. The van der Waals surface area contributed by atoms with Gasteiger partial charge in [0, 0.05) is 19.6 Å². The lowest BCUT2D eigenvalue weighted by atomic mass is 9.90. The summed E-state index contributed by atoms with van der Waals surface area (Å²) in [5.41, 5.74) is 4.39. The van der Waals surface area contributed by atoms with Gasteiger partial charge in [-0.2, -0.15) is 5.10 Å². The van der Waals surface area contributed by atoms with E-state index in [0.29, 0.717) is 18.0 Å². The van der Waals surface area contributed by atoms with Gasteiger partial charge in [0.25, 0.3) is 0 Å². The molecule has 0 bridgehead atoms. The van der Waals surface area contributed by atoms with E-state index in [2.05, 4.69) is 10.4 Å². The molecule has 0 saturated heterocycles. The van der Waals surface area contributed by atoms with Crippen molar-refractivity contribution in [3.63, 3.8) is 0 Å². The summed E-state index contributed by atoms with van der Waals surface area (Å²) in [5, 5.41) is 7.32. The average molecular weight is 431 g/mol. The first-order chi connectivity index (χ1) is 14.8. The van der Waals surface area contributed by atoms with E-state index >= 15 is 0 Å². The van der Waals surface area contributed by atoms with Crippen molar-refractivity contribution in [3.05, 3.63) is 34.6 Å². The maximum absolute atomic E-state index is 12.9. The number of rotatable bonds is 7. The monoisotopic (exact) mass is 430 g/mol. The van der Waals surface area contributed by atoms with Gasteiger partial charge in [-0.1, -0.05) is 0 Å². The van der Waals surface area contributed by atoms with Crippen molar-refractivity contribution >= 4 is 17.6 Å².